The van der Waals surface area contributed by atoms with Crippen molar-refractivity contribution in [1.82, 2.24) is 4.90 Å². The Balaban J connectivity index is 1.73. The lowest BCUT2D eigenvalue weighted by atomic mass is 10.1. The molecule has 1 heterocycles. The second kappa shape index (κ2) is 8.06. The van der Waals surface area contributed by atoms with E-state index in [1.807, 2.05) is 4.90 Å². The third kappa shape index (κ3) is 4.01. The Labute approximate surface area is 162 Å². The van der Waals surface area contributed by atoms with Gasteiger partial charge in [-0.3, -0.25) is 9.59 Å². The van der Waals surface area contributed by atoms with Gasteiger partial charge in [-0.1, -0.05) is 0 Å². The topological polar surface area (TPSA) is 52.7 Å². The van der Waals surface area contributed by atoms with Gasteiger partial charge in [0.15, 0.2) is 23.3 Å². The highest BCUT2D eigenvalue weighted by atomic mass is 19.2. The lowest BCUT2D eigenvalue weighted by Gasteiger charge is -2.35. The van der Waals surface area contributed by atoms with Crippen molar-refractivity contribution in [2.45, 2.75) is 6.92 Å². The molecule has 154 valence electrons. The summed E-state index contributed by atoms with van der Waals surface area (Å²) >= 11 is 0. The monoisotopic (exact) mass is 413 g/mol. The van der Waals surface area contributed by atoms with E-state index >= 15 is 0 Å². The van der Waals surface area contributed by atoms with Crippen LogP contribution in [0.4, 0.5) is 33.3 Å². The van der Waals surface area contributed by atoms with Crippen molar-refractivity contribution in [3.63, 3.8) is 0 Å². The van der Waals surface area contributed by atoms with Gasteiger partial charge in [-0.15, -0.1) is 0 Å². The lowest BCUT2D eigenvalue weighted by molar-refractivity contribution is -0.129. The van der Waals surface area contributed by atoms with Crippen LogP contribution in [0.25, 0.3) is 0 Å². The van der Waals surface area contributed by atoms with Crippen molar-refractivity contribution in [3.8, 4) is 0 Å². The number of rotatable bonds is 3. The van der Waals surface area contributed by atoms with Crippen LogP contribution in [-0.2, 0) is 4.79 Å². The fourth-order valence-electron chi connectivity index (χ4n) is 3.03. The molecule has 0 aliphatic carbocycles. The molecular formula is C19H16F5N3O2. The summed E-state index contributed by atoms with van der Waals surface area (Å²) in [6.45, 7) is 3.84. The number of nitrogens with zero attached hydrogens (tertiary/aromatic N) is 2. The van der Waals surface area contributed by atoms with E-state index in [1.54, 1.807) is 17.0 Å². The maximum absolute atomic E-state index is 13.7. The number of amides is 2. The molecule has 29 heavy (non-hydrogen) atoms. The number of nitrogens with one attached hydrogen (secondary N) is 1. The first-order valence-electron chi connectivity index (χ1n) is 8.64. The lowest BCUT2D eigenvalue weighted by Crippen LogP contribution is -2.48. The number of carbonyl (C=O) groups excluding carboxylic acids is 2. The quantitative estimate of drug-likeness (QED) is 0.477. The summed E-state index contributed by atoms with van der Waals surface area (Å²) < 4.78 is 67.1. The molecule has 0 aromatic heterocycles. The molecule has 2 aromatic carbocycles. The number of hydrogen-bond donors (Lipinski definition) is 1. The number of piperazine rings is 1. The summed E-state index contributed by atoms with van der Waals surface area (Å²) in [6.07, 6.45) is 0. The van der Waals surface area contributed by atoms with Crippen molar-refractivity contribution in [1.29, 1.82) is 0 Å². The molecule has 0 spiro atoms. The maximum atomic E-state index is 13.7. The summed E-state index contributed by atoms with van der Waals surface area (Å²) in [7, 11) is 0. The minimum Gasteiger partial charge on any atom is -0.368 e. The van der Waals surface area contributed by atoms with Gasteiger partial charge in [0.25, 0.3) is 5.91 Å². The van der Waals surface area contributed by atoms with Crippen molar-refractivity contribution < 1.29 is 31.5 Å². The van der Waals surface area contributed by atoms with E-state index < -0.39 is 40.6 Å². The van der Waals surface area contributed by atoms with Crippen LogP contribution in [0.3, 0.4) is 0 Å². The fourth-order valence-corrected chi connectivity index (χ4v) is 3.03. The molecule has 2 amide bonds. The summed E-state index contributed by atoms with van der Waals surface area (Å²) in [5, 5.41) is 2.12. The van der Waals surface area contributed by atoms with Crippen LogP contribution < -0.4 is 10.2 Å². The summed E-state index contributed by atoms with van der Waals surface area (Å²) in [5.74, 6) is -12.6. The van der Waals surface area contributed by atoms with E-state index in [-0.39, 0.29) is 11.6 Å². The summed E-state index contributed by atoms with van der Waals surface area (Å²) in [4.78, 5) is 27.2. The largest absolute Gasteiger partial charge is 0.368 e. The van der Waals surface area contributed by atoms with Gasteiger partial charge in [-0.2, -0.15) is 0 Å². The number of anilines is 2. The maximum Gasteiger partial charge on any atom is 0.261 e. The minimum atomic E-state index is -2.33. The standard InChI is InChI=1S/C19H16F5N3O2/c1-10(28)26-6-8-27(9-7-26)12-4-2-11(3-5-12)25-19(29)13-14(20)16(22)18(24)17(23)15(13)21/h2-5H,6-9H2,1H3,(H,25,29). The molecule has 0 bridgehead atoms. The Hall–Kier alpha value is -3.17. The van der Waals surface area contributed by atoms with E-state index in [0.717, 1.165) is 5.69 Å². The third-order valence-corrected chi connectivity index (χ3v) is 4.65. The Morgan fingerprint density at radius 2 is 1.28 bits per heavy atom. The molecule has 2 aromatic rings. The average molecular weight is 413 g/mol. The van der Waals surface area contributed by atoms with Crippen molar-refractivity contribution in [2.75, 3.05) is 36.4 Å². The number of halogens is 5. The second-order valence-corrected chi connectivity index (χ2v) is 6.44. The first-order valence-corrected chi connectivity index (χ1v) is 8.64. The van der Waals surface area contributed by atoms with E-state index in [1.165, 1.54) is 19.1 Å². The molecule has 0 saturated carbocycles. The highest BCUT2D eigenvalue weighted by molar-refractivity contribution is 6.04. The van der Waals surface area contributed by atoms with Crippen LogP contribution in [0.5, 0.6) is 0 Å². The third-order valence-electron chi connectivity index (χ3n) is 4.65. The minimum absolute atomic E-state index is 0.00385. The van der Waals surface area contributed by atoms with E-state index in [0.29, 0.717) is 26.2 Å². The molecule has 10 heteroatoms. The van der Waals surface area contributed by atoms with Crippen LogP contribution in [0.15, 0.2) is 24.3 Å². The van der Waals surface area contributed by atoms with Crippen LogP contribution in [0, 0.1) is 29.1 Å². The Morgan fingerprint density at radius 3 is 1.76 bits per heavy atom. The van der Waals surface area contributed by atoms with Crippen LogP contribution in [-0.4, -0.2) is 42.9 Å². The molecule has 3 rings (SSSR count). The van der Waals surface area contributed by atoms with Crippen LogP contribution >= 0.6 is 0 Å². The second-order valence-electron chi connectivity index (χ2n) is 6.44. The molecule has 1 aliphatic heterocycles. The Morgan fingerprint density at radius 1 is 0.793 bits per heavy atom. The van der Waals surface area contributed by atoms with Gasteiger partial charge in [0, 0.05) is 44.5 Å². The van der Waals surface area contributed by atoms with Crippen LogP contribution in [0.2, 0.25) is 0 Å². The molecule has 0 unspecified atom stereocenters. The molecule has 5 nitrogen and oxygen atoms in total. The zero-order valence-corrected chi connectivity index (χ0v) is 15.2. The smallest absolute Gasteiger partial charge is 0.261 e. The van der Waals surface area contributed by atoms with Gasteiger partial charge >= 0.3 is 0 Å². The first kappa shape index (κ1) is 20.6. The van der Waals surface area contributed by atoms with Gasteiger partial charge in [0.05, 0.1) is 0 Å². The zero-order chi connectivity index (χ0) is 21.3. The first-order chi connectivity index (χ1) is 13.7. The summed E-state index contributed by atoms with van der Waals surface area (Å²) in [5.41, 5.74) is -0.640. The van der Waals surface area contributed by atoms with Crippen molar-refractivity contribution >= 4 is 23.2 Å². The highest BCUT2D eigenvalue weighted by Gasteiger charge is 2.29. The molecule has 0 radical (unpaired) electrons. The molecule has 0 atom stereocenters. The van der Waals surface area contributed by atoms with Crippen molar-refractivity contribution in [2.24, 2.45) is 0 Å². The van der Waals surface area contributed by atoms with Gasteiger partial charge in [0.1, 0.15) is 5.56 Å². The molecule has 1 N–H and O–H groups in total. The van der Waals surface area contributed by atoms with Gasteiger partial charge in [-0.05, 0) is 24.3 Å². The van der Waals surface area contributed by atoms with Crippen molar-refractivity contribution in [3.05, 3.63) is 58.9 Å². The van der Waals surface area contributed by atoms with E-state index in [2.05, 4.69) is 5.32 Å². The molecular weight excluding hydrogens is 397 g/mol. The highest BCUT2D eigenvalue weighted by Crippen LogP contribution is 2.25. The molecule has 1 aliphatic rings. The normalized spacial score (nSPS) is 14.1. The molecule has 1 saturated heterocycles. The van der Waals surface area contributed by atoms with Crippen LogP contribution in [0.1, 0.15) is 17.3 Å². The van der Waals surface area contributed by atoms with E-state index in [4.69, 9.17) is 0 Å². The Bertz CT molecular complexity index is 928. The number of hydrogen-bond acceptors (Lipinski definition) is 3. The van der Waals surface area contributed by atoms with E-state index in [9.17, 15) is 31.5 Å². The number of carbonyl (C=O) groups is 2. The zero-order valence-electron chi connectivity index (χ0n) is 15.2. The summed E-state index contributed by atoms with van der Waals surface area (Å²) in [6, 6.07) is 6.16. The van der Waals surface area contributed by atoms with Gasteiger partial charge in [-0.25, -0.2) is 22.0 Å². The average Bonchev–Trinajstić information content (AvgIpc) is 2.71. The predicted octanol–water partition coefficient (Wildman–Crippen LogP) is 3.30. The predicted molar refractivity (Wildman–Crippen MR) is 95.1 cm³/mol. The van der Waals surface area contributed by atoms with Gasteiger partial charge < -0.3 is 15.1 Å². The number of benzene rings is 2. The fraction of sp³-hybridized carbons (Fsp3) is 0.263. The van der Waals surface area contributed by atoms with Gasteiger partial charge in [0.2, 0.25) is 11.7 Å². The SMILES string of the molecule is CC(=O)N1CCN(c2ccc(NC(=O)c3c(F)c(F)c(F)c(F)c3F)cc2)CC1. The molecule has 1 fully saturated rings. The Kier molecular flexibility index (Phi) is 5.71.